The van der Waals surface area contributed by atoms with Gasteiger partial charge in [-0.25, -0.2) is 0 Å². The zero-order valence-corrected chi connectivity index (χ0v) is 9.44. The molecule has 1 aromatic rings. The molecule has 0 aliphatic carbocycles. The summed E-state index contributed by atoms with van der Waals surface area (Å²) in [5.41, 5.74) is 0.773. The Morgan fingerprint density at radius 2 is 1.69 bits per heavy atom. The first kappa shape index (κ1) is 10.9. The summed E-state index contributed by atoms with van der Waals surface area (Å²) >= 11 is 6.02. The van der Waals surface area contributed by atoms with E-state index >= 15 is 0 Å². The van der Waals surface area contributed by atoms with Gasteiger partial charge in [0.15, 0.2) is 0 Å². The lowest BCUT2D eigenvalue weighted by Gasteiger charge is -2.23. The van der Waals surface area contributed by atoms with Crippen LogP contribution in [-0.2, 0) is 9.59 Å². The molecular weight excluding hydrogens is 226 g/mol. The third-order valence-corrected chi connectivity index (χ3v) is 2.93. The number of nitrogens with zero attached hydrogens (tertiary/aromatic N) is 1. The maximum absolute atomic E-state index is 11.5. The first-order chi connectivity index (χ1) is 7.61. The normalized spacial score (nSPS) is 17.0. The van der Waals surface area contributed by atoms with Crippen LogP contribution in [0, 0.1) is 0 Å². The fourth-order valence-corrected chi connectivity index (χ4v) is 2.04. The second kappa shape index (κ2) is 4.10. The number of amides is 2. The maximum Gasteiger partial charge on any atom is 0.254 e. The standard InChI is InChI=1S/C12H10ClNO2/c1-8(9-4-2-3-5-10(9)13)14-11(15)6-7-12(14)16/h2-8H,1H3. The van der Waals surface area contributed by atoms with E-state index in [-0.39, 0.29) is 17.9 Å². The molecule has 3 nitrogen and oxygen atoms in total. The molecule has 1 aliphatic rings. The van der Waals surface area contributed by atoms with Gasteiger partial charge in [0.1, 0.15) is 0 Å². The van der Waals surface area contributed by atoms with Gasteiger partial charge in [-0.05, 0) is 18.6 Å². The Balaban J connectivity index is 2.33. The number of hydrogen-bond acceptors (Lipinski definition) is 2. The third kappa shape index (κ3) is 1.74. The van der Waals surface area contributed by atoms with E-state index in [1.807, 2.05) is 18.2 Å². The maximum atomic E-state index is 11.5. The lowest BCUT2D eigenvalue weighted by Crippen LogP contribution is -2.32. The molecule has 0 fully saturated rings. The minimum Gasteiger partial charge on any atom is -0.269 e. The van der Waals surface area contributed by atoms with E-state index in [2.05, 4.69) is 0 Å². The molecule has 0 spiro atoms. The molecule has 82 valence electrons. The van der Waals surface area contributed by atoms with Crippen molar-refractivity contribution in [2.45, 2.75) is 13.0 Å². The van der Waals surface area contributed by atoms with Crippen LogP contribution in [0.1, 0.15) is 18.5 Å². The smallest absolute Gasteiger partial charge is 0.254 e. The van der Waals surface area contributed by atoms with E-state index in [1.54, 1.807) is 13.0 Å². The van der Waals surface area contributed by atoms with Crippen LogP contribution in [0.15, 0.2) is 36.4 Å². The molecule has 1 unspecified atom stereocenters. The van der Waals surface area contributed by atoms with Gasteiger partial charge < -0.3 is 0 Å². The summed E-state index contributed by atoms with van der Waals surface area (Å²) in [6, 6.07) is 6.85. The van der Waals surface area contributed by atoms with Crippen molar-refractivity contribution in [2.24, 2.45) is 0 Å². The van der Waals surface area contributed by atoms with E-state index in [0.29, 0.717) is 5.02 Å². The molecule has 2 rings (SSSR count). The van der Waals surface area contributed by atoms with Crippen LogP contribution >= 0.6 is 11.6 Å². The van der Waals surface area contributed by atoms with Gasteiger partial charge in [0, 0.05) is 17.2 Å². The highest BCUT2D eigenvalue weighted by Gasteiger charge is 2.29. The molecule has 1 atom stereocenters. The Morgan fingerprint density at radius 1 is 1.12 bits per heavy atom. The van der Waals surface area contributed by atoms with E-state index < -0.39 is 0 Å². The largest absolute Gasteiger partial charge is 0.269 e. The first-order valence-corrected chi connectivity index (χ1v) is 5.28. The van der Waals surface area contributed by atoms with Crippen LogP contribution in [0.5, 0.6) is 0 Å². The Labute approximate surface area is 98.3 Å². The van der Waals surface area contributed by atoms with Gasteiger partial charge in [0.2, 0.25) is 0 Å². The van der Waals surface area contributed by atoms with Crippen molar-refractivity contribution >= 4 is 23.4 Å². The average molecular weight is 236 g/mol. The number of hydrogen-bond donors (Lipinski definition) is 0. The van der Waals surface area contributed by atoms with Gasteiger partial charge in [-0.15, -0.1) is 0 Å². The highest BCUT2D eigenvalue weighted by Crippen LogP contribution is 2.28. The van der Waals surface area contributed by atoms with E-state index in [9.17, 15) is 9.59 Å². The van der Waals surface area contributed by atoms with Crippen molar-refractivity contribution in [3.05, 3.63) is 47.0 Å². The van der Waals surface area contributed by atoms with Crippen molar-refractivity contribution in [1.82, 2.24) is 4.90 Å². The molecule has 1 aromatic carbocycles. The van der Waals surface area contributed by atoms with Crippen LogP contribution in [0.25, 0.3) is 0 Å². The predicted molar refractivity (Wildman–Crippen MR) is 60.9 cm³/mol. The molecule has 0 radical (unpaired) electrons. The fraction of sp³-hybridized carbons (Fsp3) is 0.167. The minimum atomic E-state index is -0.344. The number of benzene rings is 1. The zero-order valence-electron chi connectivity index (χ0n) is 8.68. The van der Waals surface area contributed by atoms with Gasteiger partial charge in [0.05, 0.1) is 6.04 Å². The SMILES string of the molecule is CC(c1ccccc1Cl)N1C(=O)C=CC1=O. The van der Waals surface area contributed by atoms with Crippen molar-refractivity contribution in [2.75, 3.05) is 0 Å². The number of halogens is 1. The first-order valence-electron chi connectivity index (χ1n) is 4.91. The van der Waals surface area contributed by atoms with E-state index in [0.717, 1.165) is 5.56 Å². The molecule has 0 saturated carbocycles. The summed E-state index contributed by atoms with van der Waals surface area (Å²) in [4.78, 5) is 24.2. The fourth-order valence-electron chi connectivity index (χ4n) is 1.75. The molecule has 0 saturated heterocycles. The number of rotatable bonds is 2. The summed E-state index contributed by atoms with van der Waals surface area (Å²) in [6.45, 7) is 1.78. The van der Waals surface area contributed by atoms with Crippen LogP contribution in [0.3, 0.4) is 0 Å². The van der Waals surface area contributed by atoms with Gasteiger partial charge >= 0.3 is 0 Å². The number of carbonyl (C=O) groups excluding carboxylic acids is 2. The summed E-state index contributed by atoms with van der Waals surface area (Å²) in [7, 11) is 0. The molecule has 2 amide bonds. The average Bonchev–Trinajstić information content (AvgIpc) is 2.58. The van der Waals surface area contributed by atoms with Gasteiger partial charge in [-0.2, -0.15) is 0 Å². The minimum absolute atomic E-state index is 0.294. The third-order valence-electron chi connectivity index (χ3n) is 2.59. The second-order valence-corrected chi connectivity index (χ2v) is 3.98. The molecule has 0 N–H and O–H groups in total. The van der Waals surface area contributed by atoms with Gasteiger partial charge in [0.25, 0.3) is 11.8 Å². The second-order valence-electron chi connectivity index (χ2n) is 3.58. The van der Waals surface area contributed by atoms with Crippen LogP contribution in [-0.4, -0.2) is 16.7 Å². The molecule has 4 heteroatoms. The molecular formula is C12H10ClNO2. The Morgan fingerprint density at radius 3 is 2.25 bits per heavy atom. The number of imide groups is 1. The Hall–Kier alpha value is -1.61. The molecule has 16 heavy (non-hydrogen) atoms. The highest BCUT2D eigenvalue weighted by atomic mass is 35.5. The van der Waals surface area contributed by atoms with Crippen molar-refractivity contribution in [1.29, 1.82) is 0 Å². The van der Waals surface area contributed by atoms with E-state index in [4.69, 9.17) is 11.6 Å². The van der Waals surface area contributed by atoms with E-state index in [1.165, 1.54) is 17.1 Å². The number of carbonyl (C=O) groups is 2. The van der Waals surface area contributed by atoms with Crippen molar-refractivity contribution in [3.63, 3.8) is 0 Å². The van der Waals surface area contributed by atoms with Crippen molar-refractivity contribution in [3.8, 4) is 0 Å². The summed E-state index contributed by atoms with van der Waals surface area (Å²) in [5, 5.41) is 0.558. The topological polar surface area (TPSA) is 37.4 Å². The molecule has 1 heterocycles. The predicted octanol–water partition coefficient (Wildman–Crippen LogP) is 2.33. The van der Waals surface area contributed by atoms with Gasteiger partial charge in [-0.3, -0.25) is 14.5 Å². The Bertz CT molecular complexity index is 464. The van der Waals surface area contributed by atoms with Gasteiger partial charge in [-0.1, -0.05) is 29.8 Å². The van der Waals surface area contributed by atoms with Crippen LogP contribution in [0.4, 0.5) is 0 Å². The highest BCUT2D eigenvalue weighted by molar-refractivity contribution is 6.31. The van der Waals surface area contributed by atoms with Crippen molar-refractivity contribution < 1.29 is 9.59 Å². The monoisotopic (exact) mass is 235 g/mol. The van der Waals surface area contributed by atoms with Crippen LogP contribution in [0.2, 0.25) is 5.02 Å². The zero-order chi connectivity index (χ0) is 11.7. The molecule has 0 aromatic heterocycles. The summed E-state index contributed by atoms with van der Waals surface area (Å²) < 4.78 is 0. The molecule has 1 aliphatic heterocycles. The Kier molecular flexibility index (Phi) is 2.79. The quantitative estimate of drug-likeness (QED) is 0.738. The summed E-state index contributed by atoms with van der Waals surface area (Å²) in [5.74, 6) is -0.588. The summed E-state index contributed by atoms with van der Waals surface area (Å²) in [6.07, 6.45) is 2.55. The lowest BCUT2D eigenvalue weighted by atomic mass is 10.1. The molecule has 0 bridgehead atoms. The lowest BCUT2D eigenvalue weighted by molar-refractivity contribution is -0.139. The van der Waals surface area contributed by atoms with Crippen LogP contribution < -0.4 is 0 Å².